The maximum Gasteiger partial charge on any atom is 0.313 e. The second kappa shape index (κ2) is 6.82. The van der Waals surface area contributed by atoms with Crippen molar-refractivity contribution in [3.63, 3.8) is 0 Å². The van der Waals surface area contributed by atoms with E-state index < -0.39 is 23.4 Å². The molecule has 1 aromatic carbocycles. The highest BCUT2D eigenvalue weighted by Gasteiger charge is 2.19. The molecule has 6 heteroatoms. The fourth-order valence-corrected chi connectivity index (χ4v) is 1.44. The van der Waals surface area contributed by atoms with Crippen LogP contribution in [0, 0.1) is 11.6 Å². The third-order valence-corrected chi connectivity index (χ3v) is 2.56. The summed E-state index contributed by atoms with van der Waals surface area (Å²) in [5.41, 5.74) is -0.345. The molecule has 0 saturated heterocycles. The molecule has 0 unspecified atom stereocenters. The molecule has 0 aromatic heterocycles. The van der Waals surface area contributed by atoms with Crippen molar-refractivity contribution in [3.8, 4) is 0 Å². The lowest BCUT2D eigenvalue weighted by atomic mass is 10.3. The average Bonchev–Trinajstić information content (AvgIpc) is 2.39. The van der Waals surface area contributed by atoms with Crippen LogP contribution in [-0.2, 0) is 9.59 Å². The number of unbranched alkanes of at least 4 members (excludes halogenated alkanes) is 1. The smallest absolute Gasteiger partial charge is 0.313 e. The number of nitrogens with one attached hydrogen (secondary N) is 1. The topological polar surface area (TPSA) is 49.4 Å². The second-order valence-corrected chi connectivity index (χ2v) is 4.16. The summed E-state index contributed by atoms with van der Waals surface area (Å²) in [5.74, 6) is -3.25. The Morgan fingerprint density at radius 1 is 1.32 bits per heavy atom. The first kappa shape index (κ1) is 15.1. The predicted molar refractivity (Wildman–Crippen MR) is 67.5 cm³/mol. The fraction of sp³-hybridized carbons (Fsp3) is 0.385. The zero-order valence-electron chi connectivity index (χ0n) is 10.9. The Morgan fingerprint density at radius 3 is 2.63 bits per heavy atom. The summed E-state index contributed by atoms with van der Waals surface area (Å²) in [6.07, 6.45) is 1.65. The largest absolute Gasteiger partial charge is 0.338 e. The van der Waals surface area contributed by atoms with Gasteiger partial charge < -0.3 is 10.2 Å². The van der Waals surface area contributed by atoms with E-state index in [0.717, 1.165) is 31.0 Å². The van der Waals surface area contributed by atoms with Crippen molar-refractivity contribution in [2.75, 3.05) is 18.9 Å². The average molecular weight is 270 g/mol. The van der Waals surface area contributed by atoms with Crippen molar-refractivity contribution in [1.29, 1.82) is 0 Å². The normalized spacial score (nSPS) is 10.1. The molecule has 0 aliphatic carbocycles. The summed E-state index contributed by atoms with van der Waals surface area (Å²) < 4.78 is 26.2. The molecule has 0 radical (unpaired) electrons. The molecule has 0 atom stereocenters. The van der Waals surface area contributed by atoms with Crippen LogP contribution < -0.4 is 5.32 Å². The first-order valence-corrected chi connectivity index (χ1v) is 5.97. The number of amides is 2. The van der Waals surface area contributed by atoms with Gasteiger partial charge in [0, 0.05) is 19.7 Å². The molecule has 0 spiro atoms. The van der Waals surface area contributed by atoms with E-state index in [4.69, 9.17) is 0 Å². The SMILES string of the molecule is CCCCN(C)C(=O)C(=O)Nc1cc(F)ccc1F. The van der Waals surface area contributed by atoms with E-state index in [1.165, 1.54) is 11.9 Å². The molecule has 1 aromatic rings. The summed E-state index contributed by atoms with van der Waals surface area (Å²) in [4.78, 5) is 24.5. The molecule has 0 heterocycles. The van der Waals surface area contributed by atoms with Crippen LogP contribution in [0.2, 0.25) is 0 Å². The Balaban J connectivity index is 2.68. The number of halogens is 2. The molecule has 2 amide bonds. The Labute approximate surface area is 110 Å². The summed E-state index contributed by atoms with van der Waals surface area (Å²) in [5, 5.41) is 2.06. The first-order valence-electron chi connectivity index (χ1n) is 5.97. The highest BCUT2D eigenvalue weighted by molar-refractivity contribution is 6.39. The molecule has 19 heavy (non-hydrogen) atoms. The highest BCUT2D eigenvalue weighted by Crippen LogP contribution is 2.15. The lowest BCUT2D eigenvalue weighted by molar-refractivity contribution is -0.142. The quantitative estimate of drug-likeness (QED) is 0.852. The third kappa shape index (κ3) is 4.31. The maximum atomic E-state index is 13.3. The molecule has 1 rings (SSSR count). The summed E-state index contributed by atoms with van der Waals surface area (Å²) >= 11 is 0. The summed E-state index contributed by atoms with van der Waals surface area (Å²) in [6.45, 7) is 2.40. The van der Waals surface area contributed by atoms with Crippen molar-refractivity contribution in [3.05, 3.63) is 29.8 Å². The van der Waals surface area contributed by atoms with Crippen LogP contribution in [0.5, 0.6) is 0 Å². The second-order valence-electron chi connectivity index (χ2n) is 4.16. The van der Waals surface area contributed by atoms with E-state index >= 15 is 0 Å². The fourth-order valence-electron chi connectivity index (χ4n) is 1.44. The van der Waals surface area contributed by atoms with Gasteiger partial charge in [-0.15, -0.1) is 0 Å². The molecular formula is C13H16F2N2O2. The van der Waals surface area contributed by atoms with Crippen LogP contribution >= 0.6 is 0 Å². The number of carbonyl (C=O) groups excluding carboxylic acids is 2. The molecule has 4 nitrogen and oxygen atoms in total. The van der Waals surface area contributed by atoms with Crippen LogP contribution in [0.4, 0.5) is 14.5 Å². The molecular weight excluding hydrogens is 254 g/mol. The van der Waals surface area contributed by atoms with Gasteiger partial charge in [-0.2, -0.15) is 0 Å². The van der Waals surface area contributed by atoms with E-state index in [1.807, 2.05) is 6.92 Å². The van der Waals surface area contributed by atoms with Gasteiger partial charge in [0.05, 0.1) is 5.69 Å². The van der Waals surface area contributed by atoms with Crippen LogP contribution in [-0.4, -0.2) is 30.3 Å². The highest BCUT2D eigenvalue weighted by atomic mass is 19.1. The van der Waals surface area contributed by atoms with Crippen LogP contribution in [0.3, 0.4) is 0 Å². The molecule has 0 aliphatic heterocycles. The van der Waals surface area contributed by atoms with Gasteiger partial charge in [-0.25, -0.2) is 8.78 Å². The van der Waals surface area contributed by atoms with Gasteiger partial charge in [-0.1, -0.05) is 13.3 Å². The monoisotopic (exact) mass is 270 g/mol. The minimum Gasteiger partial charge on any atom is -0.338 e. The molecule has 0 aliphatic rings. The molecule has 0 bridgehead atoms. The lowest BCUT2D eigenvalue weighted by Crippen LogP contribution is -2.37. The van der Waals surface area contributed by atoms with Crippen molar-refractivity contribution >= 4 is 17.5 Å². The summed E-state index contributed by atoms with van der Waals surface area (Å²) in [6, 6.07) is 2.64. The molecule has 0 saturated carbocycles. The molecule has 104 valence electrons. The van der Waals surface area contributed by atoms with Gasteiger partial charge in [0.1, 0.15) is 11.6 Å². The third-order valence-electron chi connectivity index (χ3n) is 2.56. The number of anilines is 1. The van der Waals surface area contributed by atoms with Crippen molar-refractivity contribution in [2.45, 2.75) is 19.8 Å². The number of rotatable bonds is 4. The van der Waals surface area contributed by atoms with Crippen molar-refractivity contribution in [1.82, 2.24) is 4.90 Å². The van der Waals surface area contributed by atoms with Gasteiger partial charge >= 0.3 is 11.8 Å². The van der Waals surface area contributed by atoms with E-state index in [-0.39, 0.29) is 5.69 Å². The number of likely N-dealkylation sites (N-methyl/N-ethyl adjacent to an activating group) is 1. The van der Waals surface area contributed by atoms with Crippen molar-refractivity contribution in [2.24, 2.45) is 0 Å². The van der Waals surface area contributed by atoms with E-state index in [2.05, 4.69) is 5.32 Å². The lowest BCUT2D eigenvalue weighted by Gasteiger charge is -2.16. The van der Waals surface area contributed by atoms with Crippen molar-refractivity contribution < 1.29 is 18.4 Å². The first-order chi connectivity index (χ1) is 8.95. The van der Waals surface area contributed by atoms with E-state index in [0.29, 0.717) is 6.54 Å². The van der Waals surface area contributed by atoms with Gasteiger partial charge in [-0.3, -0.25) is 9.59 Å². The van der Waals surface area contributed by atoms with E-state index in [9.17, 15) is 18.4 Å². The molecule has 0 fully saturated rings. The number of carbonyl (C=O) groups is 2. The Kier molecular flexibility index (Phi) is 5.41. The Morgan fingerprint density at radius 2 is 2.00 bits per heavy atom. The standard InChI is InChI=1S/C13H16F2N2O2/c1-3-4-7-17(2)13(19)12(18)16-11-8-9(14)5-6-10(11)15/h5-6,8H,3-4,7H2,1-2H3,(H,16,18). The summed E-state index contributed by atoms with van der Waals surface area (Å²) in [7, 11) is 1.49. The van der Waals surface area contributed by atoms with Gasteiger partial charge in [0.25, 0.3) is 0 Å². The zero-order chi connectivity index (χ0) is 14.4. The van der Waals surface area contributed by atoms with E-state index in [1.54, 1.807) is 0 Å². The predicted octanol–water partition coefficient (Wildman–Crippen LogP) is 2.16. The number of hydrogen-bond donors (Lipinski definition) is 1. The minimum absolute atomic E-state index is 0.345. The van der Waals surface area contributed by atoms with Gasteiger partial charge in [0.15, 0.2) is 0 Å². The maximum absolute atomic E-state index is 13.3. The minimum atomic E-state index is -0.983. The Bertz CT molecular complexity index is 478. The molecule has 1 N–H and O–H groups in total. The van der Waals surface area contributed by atoms with Gasteiger partial charge in [0.2, 0.25) is 0 Å². The number of nitrogens with zero attached hydrogens (tertiary/aromatic N) is 1. The van der Waals surface area contributed by atoms with Crippen LogP contribution in [0.1, 0.15) is 19.8 Å². The zero-order valence-corrected chi connectivity index (χ0v) is 10.9. The van der Waals surface area contributed by atoms with Crippen LogP contribution in [0.25, 0.3) is 0 Å². The van der Waals surface area contributed by atoms with Gasteiger partial charge in [-0.05, 0) is 18.6 Å². The van der Waals surface area contributed by atoms with Crippen LogP contribution in [0.15, 0.2) is 18.2 Å². The number of benzene rings is 1. The number of hydrogen-bond acceptors (Lipinski definition) is 2. The Hall–Kier alpha value is -1.98.